The van der Waals surface area contributed by atoms with Gasteiger partial charge in [-0.05, 0) is 70.9 Å². The summed E-state index contributed by atoms with van der Waals surface area (Å²) in [5.74, 6) is -2.62. The predicted octanol–water partition coefficient (Wildman–Crippen LogP) is 3.11. The zero-order valence-electron chi connectivity index (χ0n) is 28.9. The van der Waals surface area contributed by atoms with Gasteiger partial charge in [0.2, 0.25) is 17.2 Å². The molecule has 6 N–H and O–H groups in total. The summed E-state index contributed by atoms with van der Waals surface area (Å²) in [6.07, 6.45) is -0.0750. The van der Waals surface area contributed by atoms with Crippen LogP contribution >= 0.6 is 11.8 Å². The first-order chi connectivity index (χ1) is 23.7. The van der Waals surface area contributed by atoms with Gasteiger partial charge in [0.15, 0.2) is 0 Å². The van der Waals surface area contributed by atoms with Crippen molar-refractivity contribution in [1.29, 1.82) is 0 Å². The molecule has 4 amide bonds. The van der Waals surface area contributed by atoms with E-state index in [-0.39, 0.29) is 29.0 Å². The Hall–Kier alpha value is -5.01. The number of carbonyl (C=O) groups excluding carboxylic acids is 4. The van der Waals surface area contributed by atoms with Crippen LogP contribution in [0.2, 0.25) is 0 Å². The smallest absolute Gasteiger partial charge is 0.257 e. The largest absolute Gasteiger partial charge is 0.390 e. The second-order valence-electron chi connectivity index (χ2n) is 13.1. The number of aliphatic hydroxyl groups is 1. The lowest BCUT2D eigenvalue weighted by atomic mass is 10.0. The molecule has 0 saturated carbocycles. The van der Waals surface area contributed by atoms with Gasteiger partial charge in [0, 0.05) is 34.6 Å². The first kappa shape index (κ1) is 37.8. The fraction of sp³-hybridized carbons (Fsp3) is 0.351. The Morgan fingerprint density at radius 1 is 0.940 bits per heavy atom. The van der Waals surface area contributed by atoms with Crippen molar-refractivity contribution in [3.63, 3.8) is 0 Å². The normalized spacial score (nSPS) is 13.2. The summed E-state index contributed by atoms with van der Waals surface area (Å²) in [6.45, 7) is 9.71. The summed E-state index contributed by atoms with van der Waals surface area (Å²) in [5, 5.41) is 20.0. The highest BCUT2D eigenvalue weighted by Gasteiger charge is 2.30. The van der Waals surface area contributed by atoms with Crippen LogP contribution < -0.4 is 27.1 Å². The number of primary amides is 1. The summed E-state index contributed by atoms with van der Waals surface area (Å²) < 4.78 is 1.66. The van der Waals surface area contributed by atoms with E-state index in [0.717, 1.165) is 5.56 Å². The van der Waals surface area contributed by atoms with Crippen LogP contribution in [0.25, 0.3) is 11.0 Å². The Morgan fingerprint density at radius 3 is 2.28 bits per heavy atom. The van der Waals surface area contributed by atoms with Crippen molar-refractivity contribution in [3.8, 4) is 0 Å². The number of carbonyl (C=O) groups is 4. The molecule has 0 radical (unpaired) electrons. The first-order valence-corrected chi connectivity index (χ1v) is 17.3. The molecule has 264 valence electrons. The molecule has 0 saturated heterocycles. The lowest BCUT2D eigenvalue weighted by Crippen LogP contribution is -2.55. The third-order valence-electron chi connectivity index (χ3n) is 7.79. The van der Waals surface area contributed by atoms with Gasteiger partial charge in [-0.3, -0.25) is 24.0 Å². The van der Waals surface area contributed by atoms with Crippen LogP contribution in [-0.2, 0) is 22.6 Å². The minimum atomic E-state index is -1.44. The summed E-state index contributed by atoms with van der Waals surface area (Å²) >= 11 is 1.26. The molecule has 50 heavy (non-hydrogen) atoms. The van der Waals surface area contributed by atoms with Gasteiger partial charge in [-0.15, -0.1) is 11.8 Å². The molecular formula is C37H44N6O6S. The van der Waals surface area contributed by atoms with Crippen LogP contribution in [0.3, 0.4) is 0 Å². The van der Waals surface area contributed by atoms with Crippen molar-refractivity contribution in [2.24, 2.45) is 5.73 Å². The van der Waals surface area contributed by atoms with E-state index in [1.54, 1.807) is 47.9 Å². The highest BCUT2D eigenvalue weighted by Crippen LogP contribution is 2.25. The third-order valence-corrected chi connectivity index (χ3v) is 8.97. The van der Waals surface area contributed by atoms with Crippen LogP contribution in [-0.4, -0.2) is 67.8 Å². The van der Waals surface area contributed by atoms with Gasteiger partial charge in [-0.2, -0.15) is 0 Å². The molecule has 0 unspecified atom stereocenters. The maximum absolute atomic E-state index is 13.8. The van der Waals surface area contributed by atoms with Crippen molar-refractivity contribution < 1.29 is 24.3 Å². The second-order valence-corrected chi connectivity index (χ2v) is 14.1. The lowest BCUT2D eigenvalue weighted by Gasteiger charge is -2.27. The van der Waals surface area contributed by atoms with Crippen LogP contribution in [0.15, 0.2) is 82.6 Å². The molecule has 12 nitrogen and oxygen atoms in total. The number of pyridine rings is 2. The van der Waals surface area contributed by atoms with E-state index < -0.39 is 53.3 Å². The standard InChI is InChI=1S/C37H44N6O6S/c1-6-43-20-26(32(46)25-17-16-22(2)39-33(25)43)34(47)41-28(19-31(38)45)36(49)40-27(18-23-12-8-7-9-13-23)29(44)21-50-30-15-11-10-14-24(30)35(48)42-37(3,4)5/h7-17,20,27-29,44H,6,18-19,21H2,1-5H3,(H2,38,45)(H,40,49)(H,41,47)(H,42,48)/t27-,28-,29-/m0/s1. The zero-order chi connectivity index (χ0) is 36.6. The minimum Gasteiger partial charge on any atom is -0.390 e. The molecule has 3 atom stereocenters. The third kappa shape index (κ3) is 10.0. The van der Waals surface area contributed by atoms with Crippen LogP contribution in [0, 0.1) is 6.92 Å². The summed E-state index contributed by atoms with van der Waals surface area (Å²) in [4.78, 5) is 70.8. The van der Waals surface area contributed by atoms with Gasteiger partial charge in [-0.25, -0.2) is 4.98 Å². The van der Waals surface area contributed by atoms with E-state index >= 15 is 0 Å². The number of amides is 4. The highest BCUT2D eigenvalue weighted by atomic mass is 32.2. The Morgan fingerprint density at radius 2 is 1.62 bits per heavy atom. The predicted molar refractivity (Wildman–Crippen MR) is 194 cm³/mol. The van der Waals surface area contributed by atoms with Gasteiger partial charge < -0.3 is 31.4 Å². The average molecular weight is 701 g/mol. The Balaban J connectivity index is 1.57. The van der Waals surface area contributed by atoms with E-state index in [1.807, 2.05) is 58.0 Å². The maximum atomic E-state index is 13.8. The molecule has 4 rings (SSSR count). The SMILES string of the molecule is CCn1cc(C(=O)N[C@@H](CC(N)=O)C(=O)N[C@@H](Cc2ccccc2)[C@@H](O)CSc2ccccc2C(=O)NC(C)(C)C)c(=O)c2ccc(C)nc21. The van der Waals surface area contributed by atoms with E-state index in [1.165, 1.54) is 18.0 Å². The molecular weight excluding hydrogens is 657 g/mol. The van der Waals surface area contributed by atoms with Gasteiger partial charge in [0.25, 0.3) is 11.8 Å². The number of benzene rings is 2. The lowest BCUT2D eigenvalue weighted by molar-refractivity contribution is -0.128. The summed E-state index contributed by atoms with van der Waals surface area (Å²) in [5.41, 5.74) is 6.64. The van der Waals surface area contributed by atoms with Crippen LogP contribution in [0.5, 0.6) is 0 Å². The van der Waals surface area contributed by atoms with Crippen LogP contribution in [0.4, 0.5) is 0 Å². The van der Waals surface area contributed by atoms with Crippen molar-refractivity contribution in [1.82, 2.24) is 25.5 Å². The van der Waals surface area contributed by atoms with E-state index in [4.69, 9.17) is 5.73 Å². The molecule has 4 aromatic rings. The topological polar surface area (TPSA) is 186 Å². The number of rotatable bonds is 14. The molecule has 0 aliphatic heterocycles. The maximum Gasteiger partial charge on any atom is 0.257 e. The molecule has 0 aliphatic rings. The Bertz CT molecular complexity index is 1920. The summed E-state index contributed by atoms with van der Waals surface area (Å²) in [7, 11) is 0. The highest BCUT2D eigenvalue weighted by molar-refractivity contribution is 7.99. The van der Waals surface area contributed by atoms with Gasteiger partial charge in [0.05, 0.1) is 29.5 Å². The monoisotopic (exact) mass is 700 g/mol. The van der Waals surface area contributed by atoms with E-state index in [2.05, 4.69) is 20.9 Å². The Labute approximate surface area is 295 Å². The number of hydrogen-bond acceptors (Lipinski definition) is 8. The number of nitrogens with zero attached hydrogens (tertiary/aromatic N) is 2. The number of thioether (sulfide) groups is 1. The Kier molecular flexibility index (Phi) is 12.5. The van der Waals surface area contributed by atoms with Crippen molar-refractivity contribution in [2.75, 3.05) is 5.75 Å². The number of aryl methyl sites for hydroxylation is 2. The molecule has 0 spiro atoms. The molecule has 0 aliphatic carbocycles. The van der Waals surface area contributed by atoms with Gasteiger partial charge >= 0.3 is 0 Å². The number of nitrogens with two attached hydrogens (primary N) is 1. The fourth-order valence-corrected chi connectivity index (χ4v) is 6.40. The van der Waals surface area contributed by atoms with Crippen molar-refractivity contribution >= 4 is 46.4 Å². The van der Waals surface area contributed by atoms with E-state index in [0.29, 0.717) is 28.3 Å². The number of aromatic nitrogens is 2. The molecule has 0 fully saturated rings. The van der Waals surface area contributed by atoms with E-state index in [9.17, 15) is 29.1 Å². The molecule has 0 bridgehead atoms. The number of hydrogen-bond donors (Lipinski definition) is 5. The zero-order valence-corrected chi connectivity index (χ0v) is 29.7. The number of aliphatic hydroxyl groups excluding tert-OH is 1. The summed E-state index contributed by atoms with van der Waals surface area (Å²) in [6, 6.07) is 17.2. The number of fused-ring (bicyclic) bond motifs is 1. The molecule has 2 heterocycles. The minimum absolute atomic E-state index is 0.103. The fourth-order valence-electron chi connectivity index (χ4n) is 5.32. The van der Waals surface area contributed by atoms with Crippen molar-refractivity contribution in [2.45, 2.75) is 82.6 Å². The van der Waals surface area contributed by atoms with Gasteiger partial charge in [0.1, 0.15) is 17.3 Å². The second kappa shape index (κ2) is 16.6. The first-order valence-electron chi connectivity index (χ1n) is 16.3. The average Bonchev–Trinajstić information content (AvgIpc) is 3.06. The molecule has 13 heteroatoms. The molecule has 2 aromatic carbocycles. The number of nitrogens with one attached hydrogen (secondary N) is 3. The van der Waals surface area contributed by atoms with Crippen molar-refractivity contribution in [3.05, 3.63) is 106 Å². The quantitative estimate of drug-likeness (QED) is 0.124. The van der Waals surface area contributed by atoms with Crippen LogP contribution in [0.1, 0.15) is 66.1 Å². The molecule has 2 aromatic heterocycles. The van der Waals surface area contributed by atoms with Gasteiger partial charge in [-0.1, -0.05) is 42.5 Å².